The van der Waals surface area contributed by atoms with Gasteiger partial charge in [0, 0.05) is 11.4 Å². The van der Waals surface area contributed by atoms with E-state index in [2.05, 4.69) is 12.4 Å². The second kappa shape index (κ2) is 5.22. The van der Waals surface area contributed by atoms with Gasteiger partial charge < -0.3 is 4.74 Å². The van der Waals surface area contributed by atoms with Gasteiger partial charge in [0.25, 0.3) is 0 Å². The summed E-state index contributed by atoms with van der Waals surface area (Å²) in [5.74, 6) is 0. The zero-order valence-corrected chi connectivity index (χ0v) is 8.34. The van der Waals surface area contributed by atoms with Gasteiger partial charge in [0.1, 0.15) is 6.23 Å². The Labute approximate surface area is 83.9 Å². The summed E-state index contributed by atoms with van der Waals surface area (Å²) in [5, 5.41) is 3.75. The molecule has 0 saturated heterocycles. The van der Waals surface area contributed by atoms with Crippen molar-refractivity contribution in [2.75, 3.05) is 7.05 Å². The quantitative estimate of drug-likeness (QED) is 0.750. The summed E-state index contributed by atoms with van der Waals surface area (Å²) in [6, 6.07) is 7.71. The molecule has 0 aliphatic carbocycles. The average molecular weight is 199 g/mol. The van der Waals surface area contributed by atoms with Gasteiger partial charge in [-0.2, -0.15) is 0 Å². The topological polar surface area (TPSA) is 21.3 Å². The van der Waals surface area contributed by atoms with Crippen molar-refractivity contribution in [3.8, 4) is 0 Å². The lowest BCUT2D eigenvalue weighted by Gasteiger charge is -2.14. The summed E-state index contributed by atoms with van der Waals surface area (Å²) in [5.41, 5.74) is 1.06. The highest BCUT2D eigenvalue weighted by atomic mass is 35.5. The number of halogens is 1. The van der Waals surface area contributed by atoms with Gasteiger partial charge in [0.15, 0.2) is 0 Å². The minimum atomic E-state index is -0.0834. The normalized spacial score (nSPS) is 12.8. The molecule has 2 nitrogen and oxygen atoms in total. The van der Waals surface area contributed by atoms with Crippen molar-refractivity contribution in [3.05, 3.63) is 42.0 Å². The van der Waals surface area contributed by atoms with Crippen LogP contribution >= 0.6 is 11.6 Å². The predicted molar refractivity (Wildman–Crippen MR) is 54.4 cm³/mol. The van der Waals surface area contributed by atoms with Crippen LogP contribution in [0, 0.1) is 7.11 Å². The maximum atomic E-state index is 5.98. The summed E-state index contributed by atoms with van der Waals surface area (Å²) in [6.45, 7) is 0. The fraction of sp³-hybridized carbons (Fsp3) is 0.300. The van der Waals surface area contributed by atoms with Crippen LogP contribution in [0.15, 0.2) is 24.3 Å². The van der Waals surface area contributed by atoms with Crippen LogP contribution in [0.2, 0.25) is 5.02 Å². The van der Waals surface area contributed by atoms with Gasteiger partial charge in [0.2, 0.25) is 0 Å². The number of rotatable bonds is 4. The largest absolute Gasteiger partial charge is 0.361 e. The van der Waals surface area contributed by atoms with Crippen LogP contribution in [-0.4, -0.2) is 13.3 Å². The molecule has 0 saturated carbocycles. The third-order valence-electron chi connectivity index (χ3n) is 1.89. The van der Waals surface area contributed by atoms with Crippen LogP contribution in [0.3, 0.4) is 0 Å². The molecule has 1 rings (SSSR count). The maximum Gasteiger partial charge on any atom is 0.112 e. The molecule has 13 heavy (non-hydrogen) atoms. The van der Waals surface area contributed by atoms with Gasteiger partial charge in [-0.3, -0.25) is 5.32 Å². The molecule has 0 aromatic heterocycles. The number of benzene rings is 1. The first-order chi connectivity index (χ1) is 6.27. The first-order valence-corrected chi connectivity index (χ1v) is 4.47. The summed E-state index contributed by atoms with van der Waals surface area (Å²) in [7, 11) is 5.20. The van der Waals surface area contributed by atoms with Crippen LogP contribution in [0.4, 0.5) is 0 Å². The van der Waals surface area contributed by atoms with E-state index in [0.29, 0.717) is 0 Å². The standard InChI is InChI=1S/C10H13ClNO/c1-12-10(13-2)7-8-5-3-4-6-9(8)11/h3-6,10,12H,2,7H2,1H3. The lowest BCUT2D eigenvalue weighted by molar-refractivity contribution is 0.114. The van der Waals surface area contributed by atoms with E-state index in [-0.39, 0.29) is 6.23 Å². The Kier molecular flexibility index (Phi) is 4.22. The highest BCUT2D eigenvalue weighted by Gasteiger charge is 2.07. The minimum Gasteiger partial charge on any atom is -0.361 e. The van der Waals surface area contributed by atoms with E-state index in [4.69, 9.17) is 16.3 Å². The molecule has 1 aromatic carbocycles. The van der Waals surface area contributed by atoms with Crippen molar-refractivity contribution < 1.29 is 4.74 Å². The van der Waals surface area contributed by atoms with E-state index in [0.717, 1.165) is 17.0 Å². The molecule has 0 aliphatic heterocycles. The molecule has 1 N–H and O–H groups in total. The highest BCUT2D eigenvalue weighted by molar-refractivity contribution is 6.31. The van der Waals surface area contributed by atoms with Gasteiger partial charge in [-0.25, -0.2) is 0 Å². The summed E-state index contributed by atoms with van der Waals surface area (Å²) in [6.07, 6.45) is 0.638. The molecule has 0 spiro atoms. The van der Waals surface area contributed by atoms with Crippen LogP contribution in [0.1, 0.15) is 5.56 Å². The molecular weight excluding hydrogens is 186 g/mol. The molecule has 1 radical (unpaired) electrons. The second-order valence-corrected chi connectivity index (χ2v) is 3.15. The van der Waals surface area contributed by atoms with E-state index in [9.17, 15) is 0 Å². The molecule has 1 unspecified atom stereocenters. The van der Waals surface area contributed by atoms with Crippen LogP contribution in [0.25, 0.3) is 0 Å². The number of ether oxygens (including phenoxy) is 1. The Bertz CT molecular complexity index is 261. The number of likely N-dealkylation sites (N-methyl/N-ethyl adjacent to an activating group) is 1. The summed E-state index contributed by atoms with van der Waals surface area (Å²) in [4.78, 5) is 0. The van der Waals surface area contributed by atoms with Crippen molar-refractivity contribution >= 4 is 11.6 Å². The molecule has 3 heteroatoms. The van der Waals surface area contributed by atoms with Gasteiger partial charge >= 0.3 is 0 Å². The monoisotopic (exact) mass is 198 g/mol. The third kappa shape index (κ3) is 2.99. The SMILES string of the molecule is [CH2]OC(Cc1ccccc1Cl)NC. The lowest BCUT2D eigenvalue weighted by Crippen LogP contribution is -2.28. The van der Waals surface area contributed by atoms with Gasteiger partial charge in [0.05, 0.1) is 7.11 Å². The maximum absolute atomic E-state index is 5.98. The molecule has 0 aliphatic rings. The van der Waals surface area contributed by atoms with Gasteiger partial charge in [-0.05, 0) is 18.7 Å². The van der Waals surface area contributed by atoms with Gasteiger partial charge in [-0.15, -0.1) is 0 Å². The first-order valence-electron chi connectivity index (χ1n) is 4.09. The predicted octanol–water partition coefficient (Wildman–Crippen LogP) is 2.24. The Hall–Kier alpha value is -0.570. The lowest BCUT2D eigenvalue weighted by atomic mass is 10.1. The number of nitrogens with one attached hydrogen (secondary N) is 1. The number of hydrogen-bond acceptors (Lipinski definition) is 2. The molecule has 0 fully saturated rings. The van der Waals surface area contributed by atoms with E-state index in [1.54, 1.807) is 0 Å². The zero-order valence-electron chi connectivity index (χ0n) is 7.59. The Morgan fingerprint density at radius 3 is 2.77 bits per heavy atom. The van der Waals surface area contributed by atoms with Gasteiger partial charge in [-0.1, -0.05) is 29.8 Å². The van der Waals surface area contributed by atoms with Crippen LogP contribution in [0.5, 0.6) is 0 Å². The smallest absolute Gasteiger partial charge is 0.112 e. The molecule has 0 amide bonds. The Morgan fingerprint density at radius 1 is 1.54 bits per heavy atom. The van der Waals surface area contributed by atoms with Crippen molar-refractivity contribution in [2.24, 2.45) is 0 Å². The molecule has 1 atom stereocenters. The van der Waals surface area contributed by atoms with E-state index < -0.39 is 0 Å². The van der Waals surface area contributed by atoms with Crippen molar-refractivity contribution in [1.82, 2.24) is 5.32 Å². The molecule has 0 bridgehead atoms. The van der Waals surface area contributed by atoms with Crippen LogP contribution < -0.4 is 5.32 Å². The Balaban J connectivity index is 2.67. The zero-order chi connectivity index (χ0) is 9.68. The summed E-state index contributed by atoms with van der Waals surface area (Å²) < 4.78 is 4.94. The fourth-order valence-corrected chi connectivity index (χ4v) is 1.32. The number of hydrogen-bond donors (Lipinski definition) is 1. The van der Waals surface area contributed by atoms with E-state index in [1.165, 1.54) is 0 Å². The molecular formula is C10H13ClNO. The first kappa shape index (κ1) is 10.5. The Morgan fingerprint density at radius 2 is 2.23 bits per heavy atom. The summed E-state index contributed by atoms with van der Waals surface area (Å²) >= 11 is 5.98. The molecule has 1 aromatic rings. The van der Waals surface area contributed by atoms with Crippen molar-refractivity contribution in [2.45, 2.75) is 12.6 Å². The average Bonchev–Trinajstić information content (AvgIpc) is 2.17. The highest BCUT2D eigenvalue weighted by Crippen LogP contribution is 2.16. The van der Waals surface area contributed by atoms with E-state index >= 15 is 0 Å². The van der Waals surface area contributed by atoms with Crippen molar-refractivity contribution in [3.63, 3.8) is 0 Å². The molecule has 0 heterocycles. The van der Waals surface area contributed by atoms with Crippen LogP contribution in [-0.2, 0) is 11.2 Å². The third-order valence-corrected chi connectivity index (χ3v) is 2.26. The van der Waals surface area contributed by atoms with Crippen molar-refractivity contribution in [1.29, 1.82) is 0 Å². The fourth-order valence-electron chi connectivity index (χ4n) is 1.11. The second-order valence-electron chi connectivity index (χ2n) is 2.74. The van der Waals surface area contributed by atoms with E-state index in [1.807, 2.05) is 31.3 Å². The minimum absolute atomic E-state index is 0.0834. The molecule has 71 valence electrons.